The molecule has 0 unspecified atom stereocenters. The smallest absolute Gasteiger partial charge is 0.130 e. The largest absolute Gasteiger partial charge is 0.324 e. The lowest BCUT2D eigenvalue weighted by Crippen LogP contribution is -2.12. The summed E-state index contributed by atoms with van der Waals surface area (Å²) < 4.78 is 25.8. The van der Waals surface area contributed by atoms with Crippen molar-refractivity contribution in [1.29, 1.82) is 0 Å². The van der Waals surface area contributed by atoms with Gasteiger partial charge in [-0.3, -0.25) is 0 Å². The Balaban J connectivity index is 2.90. The highest BCUT2D eigenvalue weighted by atomic mass is 19.1. The summed E-state index contributed by atoms with van der Waals surface area (Å²) in [6, 6.07) is 2.97. The average molecular weight is 197 g/mol. The molecule has 1 rings (SSSR count). The average Bonchev–Trinajstić information content (AvgIpc) is 2.01. The Morgan fingerprint density at radius 2 is 2.14 bits per heavy atom. The normalized spacial score (nSPS) is 12.6. The van der Waals surface area contributed by atoms with E-state index in [1.54, 1.807) is 0 Å². The molecule has 0 aromatic heterocycles. The molecule has 0 radical (unpaired) electrons. The molecule has 1 nitrogen and oxygen atoms in total. The molecule has 76 valence electrons. The molecule has 0 aliphatic rings. The van der Waals surface area contributed by atoms with Gasteiger partial charge in [0.1, 0.15) is 11.6 Å². The van der Waals surface area contributed by atoms with Crippen LogP contribution in [-0.4, -0.2) is 0 Å². The number of halogens is 2. The summed E-state index contributed by atoms with van der Waals surface area (Å²) >= 11 is 0. The summed E-state index contributed by atoms with van der Waals surface area (Å²) in [5, 5.41) is 0. The quantitative estimate of drug-likeness (QED) is 0.741. The van der Waals surface area contributed by atoms with Crippen LogP contribution in [0.1, 0.15) is 24.9 Å². The maximum atomic E-state index is 13.2. The van der Waals surface area contributed by atoms with Crippen LogP contribution in [0.5, 0.6) is 0 Å². The van der Waals surface area contributed by atoms with Crippen molar-refractivity contribution in [1.82, 2.24) is 0 Å². The van der Waals surface area contributed by atoms with E-state index in [-0.39, 0.29) is 0 Å². The number of nitrogens with two attached hydrogens (primary N) is 1. The summed E-state index contributed by atoms with van der Waals surface area (Å²) in [6.07, 6.45) is 0.503. The van der Waals surface area contributed by atoms with Crippen LogP contribution in [-0.2, 0) is 0 Å². The van der Waals surface area contributed by atoms with Crippen LogP contribution in [0.4, 0.5) is 8.78 Å². The van der Waals surface area contributed by atoms with Crippen LogP contribution in [0.25, 0.3) is 0 Å². The minimum atomic E-state index is -0.598. The summed E-state index contributed by atoms with van der Waals surface area (Å²) in [7, 11) is 0. The van der Waals surface area contributed by atoms with Crippen LogP contribution < -0.4 is 5.73 Å². The molecule has 1 aromatic carbocycles. The van der Waals surface area contributed by atoms with Gasteiger partial charge in [-0.15, -0.1) is 6.58 Å². The second-order valence-electron chi connectivity index (χ2n) is 3.43. The van der Waals surface area contributed by atoms with E-state index in [4.69, 9.17) is 5.73 Å². The SMILES string of the molecule is C=C(C)C[C@H](N)c1ccc(F)cc1F. The zero-order valence-corrected chi connectivity index (χ0v) is 8.06. The minimum absolute atomic E-state index is 0.328. The molecule has 0 amide bonds. The van der Waals surface area contributed by atoms with Crippen molar-refractivity contribution in [3.05, 3.63) is 47.5 Å². The van der Waals surface area contributed by atoms with Crippen LogP contribution in [0.2, 0.25) is 0 Å². The van der Waals surface area contributed by atoms with Crippen LogP contribution in [0.15, 0.2) is 30.4 Å². The molecule has 0 spiro atoms. The van der Waals surface area contributed by atoms with Gasteiger partial charge in [0.05, 0.1) is 0 Å². The Kier molecular flexibility index (Phi) is 3.36. The molecule has 0 bridgehead atoms. The molecular weight excluding hydrogens is 184 g/mol. The van der Waals surface area contributed by atoms with Gasteiger partial charge in [0.25, 0.3) is 0 Å². The Hall–Kier alpha value is -1.22. The maximum absolute atomic E-state index is 13.2. The highest BCUT2D eigenvalue weighted by Gasteiger charge is 2.11. The predicted molar refractivity (Wildman–Crippen MR) is 52.7 cm³/mol. The van der Waals surface area contributed by atoms with E-state index in [9.17, 15) is 8.78 Å². The highest BCUT2D eigenvalue weighted by molar-refractivity contribution is 5.23. The van der Waals surface area contributed by atoms with Gasteiger partial charge in [-0.2, -0.15) is 0 Å². The fourth-order valence-electron chi connectivity index (χ4n) is 1.29. The Morgan fingerprint density at radius 1 is 1.50 bits per heavy atom. The summed E-state index contributed by atoms with van der Waals surface area (Å²) in [5.74, 6) is -1.19. The lowest BCUT2D eigenvalue weighted by atomic mass is 10.0. The van der Waals surface area contributed by atoms with Gasteiger partial charge in [-0.25, -0.2) is 8.78 Å². The molecule has 14 heavy (non-hydrogen) atoms. The minimum Gasteiger partial charge on any atom is -0.324 e. The van der Waals surface area contributed by atoms with Gasteiger partial charge >= 0.3 is 0 Å². The van der Waals surface area contributed by atoms with E-state index < -0.39 is 17.7 Å². The van der Waals surface area contributed by atoms with Crippen molar-refractivity contribution >= 4 is 0 Å². The third kappa shape index (κ3) is 2.64. The first kappa shape index (κ1) is 10.9. The first-order chi connectivity index (χ1) is 6.50. The number of benzene rings is 1. The summed E-state index contributed by atoms with van der Waals surface area (Å²) in [5.41, 5.74) is 6.93. The third-order valence-electron chi connectivity index (χ3n) is 1.93. The zero-order chi connectivity index (χ0) is 10.7. The Morgan fingerprint density at radius 3 is 2.64 bits per heavy atom. The molecule has 0 aliphatic carbocycles. The molecule has 1 atom stereocenters. The van der Waals surface area contributed by atoms with Gasteiger partial charge in [0.2, 0.25) is 0 Å². The number of hydrogen-bond acceptors (Lipinski definition) is 1. The monoisotopic (exact) mass is 197 g/mol. The van der Waals surface area contributed by atoms with Crippen molar-refractivity contribution in [2.24, 2.45) is 5.73 Å². The van der Waals surface area contributed by atoms with E-state index in [0.717, 1.165) is 11.6 Å². The van der Waals surface area contributed by atoms with Gasteiger partial charge in [-0.05, 0) is 19.4 Å². The van der Waals surface area contributed by atoms with Crippen molar-refractivity contribution in [2.75, 3.05) is 0 Å². The molecule has 0 fully saturated rings. The van der Waals surface area contributed by atoms with E-state index in [0.29, 0.717) is 12.0 Å². The maximum Gasteiger partial charge on any atom is 0.130 e. The lowest BCUT2D eigenvalue weighted by molar-refractivity contribution is 0.554. The van der Waals surface area contributed by atoms with Crippen LogP contribution in [0.3, 0.4) is 0 Å². The predicted octanol–water partition coefficient (Wildman–Crippen LogP) is 2.93. The molecule has 0 aliphatic heterocycles. The molecule has 0 heterocycles. The van der Waals surface area contributed by atoms with Gasteiger partial charge < -0.3 is 5.73 Å². The van der Waals surface area contributed by atoms with Gasteiger partial charge in [0.15, 0.2) is 0 Å². The Labute approximate surface area is 82.2 Å². The molecule has 0 saturated carbocycles. The second kappa shape index (κ2) is 4.33. The van der Waals surface area contributed by atoms with E-state index in [2.05, 4.69) is 6.58 Å². The fourth-order valence-corrected chi connectivity index (χ4v) is 1.29. The topological polar surface area (TPSA) is 26.0 Å². The summed E-state index contributed by atoms with van der Waals surface area (Å²) in [4.78, 5) is 0. The molecule has 1 aromatic rings. The van der Waals surface area contributed by atoms with Gasteiger partial charge in [-0.1, -0.05) is 11.6 Å². The van der Waals surface area contributed by atoms with Gasteiger partial charge in [0, 0.05) is 17.7 Å². The van der Waals surface area contributed by atoms with Crippen molar-refractivity contribution in [2.45, 2.75) is 19.4 Å². The second-order valence-corrected chi connectivity index (χ2v) is 3.43. The van der Waals surface area contributed by atoms with Crippen molar-refractivity contribution in [3.63, 3.8) is 0 Å². The van der Waals surface area contributed by atoms with E-state index in [1.807, 2.05) is 6.92 Å². The fraction of sp³-hybridized carbons (Fsp3) is 0.273. The Bertz CT molecular complexity index is 347. The van der Waals surface area contributed by atoms with Crippen LogP contribution >= 0.6 is 0 Å². The summed E-state index contributed by atoms with van der Waals surface area (Å²) in [6.45, 7) is 5.51. The first-order valence-corrected chi connectivity index (χ1v) is 4.35. The highest BCUT2D eigenvalue weighted by Crippen LogP contribution is 2.21. The van der Waals surface area contributed by atoms with Crippen molar-refractivity contribution < 1.29 is 8.78 Å². The first-order valence-electron chi connectivity index (χ1n) is 4.35. The standard InChI is InChI=1S/C11H13F2N/c1-7(2)5-11(14)9-4-3-8(12)6-10(9)13/h3-4,6,11H,1,5,14H2,2H3/t11-/m0/s1. The number of hydrogen-bond donors (Lipinski definition) is 1. The molecule has 3 heteroatoms. The lowest BCUT2D eigenvalue weighted by Gasteiger charge is -2.12. The zero-order valence-electron chi connectivity index (χ0n) is 8.06. The number of rotatable bonds is 3. The molecule has 2 N–H and O–H groups in total. The van der Waals surface area contributed by atoms with Crippen molar-refractivity contribution in [3.8, 4) is 0 Å². The van der Waals surface area contributed by atoms with E-state index >= 15 is 0 Å². The van der Waals surface area contributed by atoms with E-state index in [1.165, 1.54) is 12.1 Å². The third-order valence-corrected chi connectivity index (χ3v) is 1.93. The molecular formula is C11H13F2N. The van der Waals surface area contributed by atoms with Crippen LogP contribution in [0, 0.1) is 11.6 Å². The molecule has 0 saturated heterocycles.